The summed E-state index contributed by atoms with van der Waals surface area (Å²) in [6.07, 6.45) is 8.02. The fourth-order valence-electron chi connectivity index (χ4n) is 5.11. The van der Waals surface area contributed by atoms with Crippen molar-refractivity contribution in [3.63, 3.8) is 0 Å². The third-order valence-corrected chi connectivity index (χ3v) is 6.76. The molecule has 1 atom stereocenters. The molecule has 2 aliphatic rings. The van der Waals surface area contributed by atoms with Crippen LogP contribution in [0.2, 0.25) is 0 Å². The molecular weight excluding hydrogens is 404 g/mol. The smallest absolute Gasteiger partial charge is 0.256 e. The van der Waals surface area contributed by atoms with Crippen LogP contribution < -0.4 is 5.32 Å². The number of nitrogens with zero attached hydrogens (tertiary/aromatic N) is 3. The fourth-order valence-corrected chi connectivity index (χ4v) is 5.11. The number of hydrogen-bond donors (Lipinski definition) is 2. The van der Waals surface area contributed by atoms with Gasteiger partial charge in [-0.3, -0.25) is 9.59 Å². The molecule has 3 aromatic rings. The van der Waals surface area contributed by atoms with Crippen molar-refractivity contribution in [2.24, 2.45) is 0 Å². The number of rotatable bonds is 5. The molecule has 2 N–H and O–H groups in total. The van der Waals surface area contributed by atoms with Crippen LogP contribution in [0.5, 0.6) is 0 Å². The molecule has 0 unspecified atom stereocenters. The normalized spacial score (nSPS) is 19.0. The lowest BCUT2D eigenvalue weighted by atomic mass is 10.1. The molecule has 1 aromatic heterocycles. The van der Waals surface area contributed by atoms with Crippen molar-refractivity contribution in [1.29, 1.82) is 0 Å². The molecule has 0 bridgehead atoms. The Kier molecular flexibility index (Phi) is 5.66. The van der Waals surface area contributed by atoms with Crippen LogP contribution in [0.1, 0.15) is 65.3 Å². The number of hydrogen-bond acceptors (Lipinski definition) is 4. The first-order valence-corrected chi connectivity index (χ1v) is 11.4. The van der Waals surface area contributed by atoms with Crippen LogP contribution in [0.25, 0.3) is 11.0 Å². The van der Waals surface area contributed by atoms with Crippen LogP contribution in [0, 0.1) is 0 Å². The molecule has 32 heavy (non-hydrogen) atoms. The van der Waals surface area contributed by atoms with Crippen molar-refractivity contribution in [1.82, 2.24) is 14.5 Å². The van der Waals surface area contributed by atoms with Gasteiger partial charge in [0.15, 0.2) is 0 Å². The molecule has 2 aromatic carbocycles. The summed E-state index contributed by atoms with van der Waals surface area (Å²) in [5.41, 5.74) is 3.16. The predicted octanol–water partition coefficient (Wildman–Crippen LogP) is 4.00. The quantitative estimate of drug-likeness (QED) is 0.638. The van der Waals surface area contributed by atoms with E-state index in [0.717, 1.165) is 31.2 Å². The van der Waals surface area contributed by atoms with E-state index in [-0.39, 0.29) is 24.5 Å². The number of fused-ring (bicyclic) bond motifs is 1. The minimum absolute atomic E-state index is 0.0405. The number of aromatic nitrogens is 2. The first kappa shape index (κ1) is 20.7. The highest BCUT2D eigenvalue weighted by Crippen LogP contribution is 2.35. The fraction of sp³-hybridized carbons (Fsp3) is 0.400. The number of anilines is 1. The van der Waals surface area contributed by atoms with Gasteiger partial charge in [0, 0.05) is 23.8 Å². The Bertz CT molecular complexity index is 1130. The molecule has 2 fully saturated rings. The van der Waals surface area contributed by atoms with Gasteiger partial charge in [0.2, 0.25) is 0 Å². The summed E-state index contributed by atoms with van der Waals surface area (Å²) in [6, 6.07) is 12.8. The Morgan fingerprint density at radius 2 is 1.84 bits per heavy atom. The minimum atomic E-state index is -0.229. The van der Waals surface area contributed by atoms with Crippen molar-refractivity contribution in [2.45, 2.75) is 50.6 Å². The molecule has 166 valence electrons. The average molecular weight is 433 g/mol. The number of likely N-dealkylation sites (tertiary alicyclic amines) is 1. The van der Waals surface area contributed by atoms with Crippen LogP contribution in [0.15, 0.2) is 48.8 Å². The maximum absolute atomic E-state index is 13.7. The number of aliphatic hydroxyl groups excluding tert-OH is 1. The van der Waals surface area contributed by atoms with Crippen molar-refractivity contribution < 1.29 is 14.7 Å². The van der Waals surface area contributed by atoms with Crippen molar-refractivity contribution in [3.05, 3.63) is 59.9 Å². The summed E-state index contributed by atoms with van der Waals surface area (Å²) in [6.45, 7) is 0.588. The highest BCUT2D eigenvalue weighted by molar-refractivity contribution is 6.09. The van der Waals surface area contributed by atoms with E-state index in [4.69, 9.17) is 0 Å². The van der Waals surface area contributed by atoms with E-state index < -0.39 is 0 Å². The van der Waals surface area contributed by atoms with Gasteiger partial charge in [0.1, 0.15) is 0 Å². The van der Waals surface area contributed by atoms with Gasteiger partial charge in [-0.1, -0.05) is 31.0 Å². The number of benzene rings is 2. The Hall–Kier alpha value is -3.19. The van der Waals surface area contributed by atoms with Gasteiger partial charge >= 0.3 is 0 Å². The Labute approximate surface area is 187 Å². The molecule has 5 rings (SSSR count). The number of imidazole rings is 1. The number of nitrogens with one attached hydrogen (secondary N) is 1. The summed E-state index contributed by atoms with van der Waals surface area (Å²) in [5, 5.41) is 12.7. The Morgan fingerprint density at radius 3 is 2.59 bits per heavy atom. The van der Waals surface area contributed by atoms with E-state index in [9.17, 15) is 14.7 Å². The van der Waals surface area contributed by atoms with Gasteiger partial charge in [-0.25, -0.2) is 4.98 Å². The number of aliphatic hydroxyl groups is 1. The summed E-state index contributed by atoms with van der Waals surface area (Å²) < 4.78 is 2.14. The first-order valence-electron chi connectivity index (χ1n) is 11.4. The minimum Gasteiger partial charge on any atom is -0.394 e. The second-order valence-corrected chi connectivity index (χ2v) is 8.78. The zero-order chi connectivity index (χ0) is 22.1. The van der Waals surface area contributed by atoms with Crippen LogP contribution >= 0.6 is 0 Å². The third kappa shape index (κ3) is 3.77. The second kappa shape index (κ2) is 8.74. The number of carbonyl (C=O) groups is 2. The SMILES string of the molecule is O=C(Nc1cc(C(=O)N2CCC[C@H]2CO)c2c(c1)ncn2C1CCCC1)c1ccccc1. The number of carbonyl (C=O) groups excluding carboxylic acids is 2. The van der Waals surface area contributed by atoms with Crippen LogP contribution in [-0.2, 0) is 0 Å². The zero-order valence-corrected chi connectivity index (χ0v) is 18.0. The van der Waals surface area contributed by atoms with Gasteiger partial charge in [-0.2, -0.15) is 0 Å². The molecule has 2 amide bonds. The molecule has 7 nitrogen and oxygen atoms in total. The largest absolute Gasteiger partial charge is 0.394 e. The van der Waals surface area contributed by atoms with E-state index >= 15 is 0 Å². The second-order valence-electron chi connectivity index (χ2n) is 8.78. The lowest BCUT2D eigenvalue weighted by Crippen LogP contribution is -2.38. The standard InChI is InChI=1S/C25H28N4O3/c30-15-20-11-6-12-28(20)25(32)21-13-18(27-24(31)17-7-2-1-3-8-17)14-22-23(21)29(16-26-22)19-9-4-5-10-19/h1-3,7-8,13-14,16,19-20,30H,4-6,9-12,15H2,(H,27,31)/t20-/m0/s1. The molecule has 1 aliphatic heterocycles. The average Bonchev–Trinajstić information content (AvgIpc) is 3.58. The first-order chi connectivity index (χ1) is 15.7. The van der Waals surface area contributed by atoms with Crippen LogP contribution in [-0.4, -0.2) is 50.6 Å². The van der Waals surface area contributed by atoms with Crippen LogP contribution in [0.4, 0.5) is 5.69 Å². The van der Waals surface area contributed by atoms with Crippen molar-refractivity contribution in [3.8, 4) is 0 Å². The summed E-state index contributed by atoms with van der Waals surface area (Å²) in [5.74, 6) is -0.338. The molecule has 0 radical (unpaired) electrons. The molecule has 1 aliphatic carbocycles. The molecular formula is C25H28N4O3. The van der Waals surface area contributed by atoms with Gasteiger partial charge in [-0.05, 0) is 49.9 Å². The van der Waals surface area contributed by atoms with Crippen molar-refractivity contribution >= 4 is 28.5 Å². The van der Waals surface area contributed by atoms with Crippen LogP contribution in [0.3, 0.4) is 0 Å². The Morgan fingerprint density at radius 1 is 1.06 bits per heavy atom. The molecule has 7 heteroatoms. The summed E-state index contributed by atoms with van der Waals surface area (Å²) >= 11 is 0. The molecule has 0 spiro atoms. The van der Waals surface area contributed by atoms with Gasteiger partial charge < -0.3 is 19.9 Å². The van der Waals surface area contributed by atoms with E-state index in [1.54, 1.807) is 23.1 Å². The molecule has 1 saturated heterocycles. The van der Waals surface area contributed by atoms with E-state index in [2.05, 4.69) is 14.9 Å². The molecule has 2 heterocycles. The lowest BCUT2D eigenvalue weighted by molar-refractivity contribution is 0.0679. The maximum atomic E-state index is 13.7. The predicted molar refractivity (Wildman–Crippen MR) is 123 cm³/mol. The monoisotopic (exact) mass is 432 g/mol. The van der Waals surface area contributed by atoms with Gasteiger partial charge in [0.05, 0.1) is 35.6 Å². The third-order valence-electron chi connectivity index (χ3n) is 6.76. The Balaban J connectivity index is 1.57. The highest BCUT2D eigenvalue weighted by Gasteiger charge is 2.32. The lowest BCUT2D eigenvalue weighted by Gasteiger charge is -2.24. The zero-order valence-electron chi connectivity index (χ0n) is 18.0. The maximum Gasteiger partial charge on any atom is 0.256 e. The topological polar surface area (TPSA) is 87.5 Å². The van der Waals surface area contributed by atoms with Gasteiger partial charge in [-0.15, -0.1) is 0 Å². The number of amides is 2. The molecule has 1 saturated carbocycles. The summed E-state index contributed by atoms with van der Waals surface area (Å²) in [4.78, 5) is 32.8. The van der Waals surface area contributed by atoms with E-state index in [1.165, 1.54) is 12.8 Å². The highest BCUT2D eigenvalue weighted by atomic mass is 16.3. The van der Waals surface area contributed by atoms with Crippen molar-refractivity contribution in [2.75, 3.05) is 18.5 Å². The van der Waals surface area contributed by atoms with E-state index in [1.807, 2.05) is 30.6 Å². The summed E-state index contributed by atoms with van der Waals surface area (Å²) in [7, 11) is 0. The van der Waals surface area contributed by atoms with Gasteiger partial charge in [0.25, 0.3) is 11.8 Å². The van der Waals surface area contributed by atoms with E-state index in [0.29, 0.717) is 34.9 Å².